The molecule has 0 saturated heterocycles. The van der Waals surface area contributed by atoms with Crippen molar-refractivity contribution in [1.29, 1.82) is 0 Å². The van der Waals surface area contributed by atoms with Gasteiger partial charge in [0.05, 0.1) is 24.6 Å². The summed E-state index contributed by atoms with van der Waals surface area (Å²) in [5.74, 6) is 0.0720. The van der Waals surface area contributed by atoms with Crippen LogP contribution in [0.1, 0.15) is 21.0 Å². The number of amides is 1. The normalized spacial score (nSPS) is 13.8. The number of furan rings is 2. The number of nitrogens with one attached hydrogen (secondary N) is 1. The van der Waals surface area contributed by atoms with Crippen molar-refractivity contribution in [2.75, 3.05) is 6.54 Å². The second-order valence-electron chi connectivity index (χ2n) is 4.51. The van der Waals surface area contributed by atoms with Gasteiger partial charge < -0.3 is 19.3 Å². The van der Waals surface area contributed by atoms with Crippen LogP contribution >= 0.6 is 11.3 Å². The first kappa shape index (κ1) is 13.7. The molecule has 3 rings (SSSR count). The lowest BCUT2D eigenvalue weighted by Crippen LogP contribution is -2.40. The molecule has 0 radical (unpaired) electrons. The van der Waals surface area contributed by atoms with Gasteiger partial charge >= 0.3 is 0 Å². The first-order valence-corrected chi connectivity index (χ1v) is 7.19. The third-order valence-electron chi connectivity index (χ3n) is 3.15. The van der Waals surface area contributed by atoms with Crippen molar-refractivity contribution >= 4 is 17.2 Å². The molecule has 0 saturated carbocycles. The van der Waals surface area contributed by atoms with E-state index in [0.717, 1.165) is 0 Å². The Morgan fingerprint density at radius 1 is 1.29 bits per heavy atom. The number of hydrogen-bond donors (Lipinski definition) is 2. The molecule has 3 aromatic heterocycles. The van der Waals surface area contributed by atoms with Gasteiger partial charge in [-0.1, -0.05) is 6.07 Å². The van der Waals surface area contributed by atoms with E-state index in [2.05, 4.69) is 5.32 Å². The Bertz CT molecular complexity index is 652. The number of hydrogen-bond acceptors (Lipinski definition) is 5. The van der Waals surface area contributed by atoms with Gasteiger partial charge in [0.2, 0.25) is 0 Å². The van der Waals surface area contributed by atoms with Crippen LogP contribution in [-0.2, 0) is 5.60 Å². The van der Waals surface area contributed by atoms with Gasteiger partial charge in [0.25, 0.3) is 5.91 Å². The fourth-order valence-electron chi connectivity index (χ4n) is 2.03. The molecule has 0 aliphatic heterocycles. The SMILES string of the molecule is O=C(NCC(O)(c1ccco1)c1cccs1)c1ccoc1. The van der Waals surface area contributed by atoms with Crippen LogP contribution in [0.25, 0.3) is 0 Å². The molecule has 0 aliphatic rings. The molecular formula is C15H13NO4S. The van der Waals surface area contributed by atoms with Crippen LogP contribution in [0.15, 0.2) is 63.3 Å². The molecule has 1 amide bonds. The van der Waals surface area contributed by atoms with E-state index in [1.54, 1.807) is 24.3 Å². The zero-order valence-corrected chi connectivity index (χ0v) is 11.8. The fraction of sp³-hybridized carbons (Fsp3) is 0.133. The van der Waals surface area contributed by atoms with Crippen molar-refractivity contribution in [2.45, 2.75) is 5.60 Å². The highest BCUT2D eigenvalue weighted by molar-refractivity contribution is 7.10. The van der Waals surface area contributed by atoms with Gasteiger partial charge in [-0.25, -0.2) is 0 Å². The number of carbonyl (C=O) groups excluding carboxylic acids is 1. The third kappa shape index (κ3) is 2.63. The van der Waals surface area contributed by atoms with E-state index in [1.165, 1.54) is 30.1 Å². The number of thiophene rings is 1. The molecule has 0 spiro atoms. The van der Waals surface area contributed by atoms with Gasteiger partial charge in [-0.05, 0) is 29.6 Å². The number of carbonyl (C=O) groups is 1. The molecule has 1 atom stereocenters. The third-order valence-corrected chi connectivity index (χ3v) is 4.17. The Hall–Kier alpha value is -2.31. The van der Waals surface area contributed by atoms with Crippen LogP contribution in [0, 0.1) is 0 Å². The van der Waals surface area contributed by atoms with E-state index in [0.29, 0.717) is 16.2 Å². The largest absolute Gasteiger partial charge is 0.472 e. The van der Waals surface area contributed by atoms with E-state index in [4.69, 9.17) is 8.83 Å². The summed E-state index contributed by atoms with van der Waals surface area (Å²) >= 11 is 1.40. The molecule has 5 nitrogen and oxygen atoms in total. The van der Waals surface area contributed by atoms with Crippen LogP contribution in [0.4, 0.5) is 0 Å². The molecule has 0 aliphatic carbocycles. The smallest absolute Gasteiger partial charge is 0.254 e. The quantitative estimate of drug-likeness (QED) is 0.759. The maximum Gasteiger partial charge on any atom is 0.254 e. The summed E-state index contributed by atoms with van der Waals surface area (Å²) in [4.78, 5) is 12.7. The van der Waals surface area contributed by atoms with E-state index in [9.17, 15) is 9.90 Å². The molecule has 6 heteroatoms. The minimum absolute atomic E-state index is 0.00500. The maximum atomic E-state index is 12.0. The lowest BCUT2D eigenvalue weighted by Gasteiger charge is -2.25. The van der Waals surface area contributed by atoms with Crippen LogP contribution in [-0.4, -0.2) is 17.6 Å². The van der Waals surface area contributed by atoms with Gasteiger partial charge in [-0.2, -0.15) is 0 Å². The minimum Gasteiger partial charge on any atom is -0.472 e. The topological polar surface area (TPSA) is 75.6 Å². The first-order chi connectivity index (χ1) is 10.2. The Morgan fingerprint density at radius 3 is 2.81 bits per heavy atom. The Balaban J connectivity index is 1.83. The Kier molecular flexibility index (Phi) is 3.64. The summed E-state index contributed by atoms with van der Waals surface area (Å²) in [5.41, 5.74) is -0.986. The molecule has 3 heterocycles. The van der Waals surface area contributed by atoms with E-state index in [-0.39, 0.29) is 12.5 Å². The minimum atomic E-state index is -1.39. The zero-order chi connectivity index (χ0) is 14.7. The zero-order valence-electron chi connectivity index (χ0n) is 11.0. The summed E-state index contributed by atoms with van der Waals surface area (Å²) in [6.07, 6.45) is 4.27. The van der Waals surface area contributed by atoms with Crippen molar-refractivity contribution in [3.05, 3.63) is 70.7 Å². The summed E-state index contributed by atoms with van der Waals surface area (Å²) < 4.78 is 10.2. The molecule has 0 aromatic carbocycles. The van der Waals surface area contributed by atoms with Gasteiger partial charge in [0, 0.05) is 4.88 Å². The highest BCUT2D eigenvalue weighted by atomic mass is 32.1. The maximum absolute atomic E-state index is 12.0. The monoisotopic (exact) mass is 303 g/mol. The second-order valence-corrected chi connectivity index (χ2v) is 5.46. The molecule has 21 heavy (non-hydrogen) atoms. The van der Waals surface area contributed by atoms with Crippen molar-refractivity contribution in [1.82, 2.24) is 5.32 Å². The van der Waals surface area contributed by atoms with Crippen molar-refractivity contribution in [3.63, 3.8) is 0 Å². The summed E-state index contributed by atoms with van der Waals surface area (Å²) in [5, 5.41) is 15.5. The van der Waals surface area contributed by atoms with Gasteiger partial charge in [-0.3, -0.25) is 4.79 Å². The van der Waals surface area contributed by atoms with Crippen LogP contribution in [0.5, 0.6) is 0 Å². The molecule has 1 unspecified atom stereocenters. The standard InChI is InChI=1S/C15H13NO4S/c17-14(11-5-7-19-9-11)16-10-15(18,12-3-1-6-20-12)13-4-2-8-21-13/h1-9,18H,10H2,(H,16,17). The van der Waals surface area contributed by atoms with Crippen molar-refractivity contribution < 1.29 is 18.7 Å². The second kappa shape index (κ2) is 5.59. The van der Waals surface area contributed by atoms with Crippen molar-refractivity contribution in [2.24, 2.45) is 0 Å². The highest BCUT2D eigenvalue weighted by Gasteiger charge is 2.36. The van der Waals surface area contributed by atoms with Gasteiger partial charge in [0.15, 0.2) is 5.60 Å². The van der Waals surface area contributed by atoms with Crippen LogP contribution < -0.4 is 5.32 Å². The van der Waals surface area contributed by atoms with Gasteiger partial charge in [0.1, 0.15) is 12.0 Å². The number of rotatable bonds is 5. The lowest BCUT2D eigenvalue weighted by atomic mass is 9.98. The van der Waals surface area contributed by atoms with E-state index < -0.39 is 5.60 Å². The first-order valence-electron chi connectivity index (χ1n) is 6.31. The molecule has 3 aromatic rings. The predicted molar refractivity (Wildman–Crippen MR) is 77.1 cm³/mol. The summed E-state index contributed by atoms with van der Waals surface area (Å²) in [6, 6.07) is 8.59. The van der Waals surface area contributed by atoms with E-state index in [1.807, 2.05) is 11.4 Å². The van der Waals surface area contributed by atoms with Gasteiger partial charge in [-0.15, -0.1) is 11.3 Å². The van der Waals surface area contributed by atoms with Crippen LogP contribution in [0.3, 0.4) is 0 Å². The van der Waals surface area contributed by atoms with Crippen molar-refractivity contribution in [3.8, 4) is 0 Å². The molecule has 108 valence electrons. The molecule has 0 fully saturated rings. The average molecular weight is 303 g/mol. The van der Waals surface area contributed by atoms with Crippen LogP contribution in [0.2, 0.25) is 0 Å². The highest BCUT2D eigenvalue weighted by Crippen LogP contribution is 2.32. The Labute approximate surface area is 124 Å². The molecule has 0 bridgehead atoms. The molecular weight excluding hydrogens is 290 g/mol. The number of aliphatic hydroxyl groups is 1. The van der Waals surface area contributed by atoms with E-state index >= 15 is 0 Å². The molecule has 2 N–H and O–H groups in total. The predicted octanol–water partition coefficient (Wildman–Crippen LogP) is 2.60. The Morgan fingerprint density at radius 2 is 2.19 bits per heavy atom. The lowest BCUT2D eigenvalue weighted by molar-refractivity contribution is 0.0554. The summed E-state index contributed by atoms with van der Waals surface area (Å²) in [6.45, 7) is 0.00500. The summed E-state index contributed by atoms with van der Waals surface area (Å²) in [7, 11) is 0. The fourth-order valence-corrected chi connectivity index (χ4v) is 2.86. The average Bonchev–Trinajstić information content (AvgIpc) is 3.27.